The van der Waals surface area contributed by atoms with Crippen molar-refractivity contribution >= 4 is 33.1 Å². The molecule has 0 aliphatic heterocycles. The van der Waals surface area contributed by atoms with Crippen LogP contribution >= 0.6 is 15.9 Å². The van der Waals surface area contributed by atoms with Gasteiger partial charge in [-0.3, -0.25) is 4.79 Å². The number of hydrogen-bond acceptors (Lipinski definition) is 1. The third-order valence-corrected chi connectivity index (χ3v) is 3.14. The Morgan fingerprint density at radius 2 is 2.20 bits per heavy atom. The SMILES string of the molecule is C#CCn1c(C=O)c(Br)c2ccccc21. The van der Waals surface area contributed by atoms with E-state index in [1.54, 1.807) is 0 Å². The molecule has 3 heteroatoms. The van der Waals surface area contributed by atoms with E-state index in [0.717, 1.165) is 21.7 Å². The molecule has 0 radical (unpaired) electrons. The second kappa shape index (κ2) is 3.92. The van der Waals surface area contributed by atoms with Crippen molar-refractivity contribution in [1.29, 1.82) is 0 Å². The van der Waals surface area contributed by atoms with E-state index < -0.39 is 0 Å². The maximum absolute atomic E-state index is 11.0. The molecule has 0 spiro atoms. The summed E-state index contributed by atoms with van der Waals surface area (Å²) in [6, 6.07) is 7.77. The molecule has 1 aromatic heterocycles. The smallest absolute Gasteiger partial charge is 0.167 e. The van der Waals surface area contributed by atoms with Crippen molar-refractivity contribution in [2.24, 2.45) is 0 Å². The first kappa shape index (κ1) is 10.0. The number of hydrogen-bond donors (Lipinski definition) is 0. The van der Waals surface area contributed by atoms with Crippen LogP contribution in [0.3, 0.4) is 0 Å². The number of terminal acetylenes is 1. The standard InChI is InChI=1S/C12H8BrNO/c1-2-7-14-10-6-4-3-5-9(10)12(13)11(14)8-15/h1,3-6,8H,7H2. The Kier molecular flexibility index (Phi) is 2.61. The van der Waals surface area contributed by atoms with Gasteiger partial charge in [0.1, 0.15) is 0 Å². The highest BCUT2D eigenvalue weighted by Crippen LogP contribution is 2.29. The van der Waals surface area contributed by atoms with Gasteiger partial charge in [0.25, 0.3) is 0 Å². The second-order valence-corrected chi connectivity index (χ2v) is 3.92. The first-order valence-corrected chi connectivity index (χ1v) is 5.24. The van der Waals surface area contributed by atoms with Crippen LogP contribution < -0.4 is 0 Å². The molecular formula is C12H8BrNO. The molecular weight excluding hydrogens is 254 g/mol. The van der Waals surface area contributed by atoms with Crippen molar-refractivity contribution in [3.8, 4) is 12.3 Å². The Labute approximate surface area is 96.0 Å². The molecule has 0 aliphatic rings. The summed E-state index contributed by atoms with van der Waals surface area (Å²) in [5, 5.41) is 1.01. The molecule has 0 unspecified atom stereocenters. The van der Waals surface area contributed by atoms with Gasteiger partial charge in [-0.15, -0.1) is 6.42 Å². The summed E-state index contributed by atoms with van der Waals surface area (Å²) in [4.78, 5) is 11.0. The molecule has 2 aromatic rings. The number of carbonyl (C=O) groups excluding carboxylic acids is 1. The van der Waals surface area contributed by atoms with E-state index in [9.17, 15) is 4.79 Å². The number of fused-ring (bicyclic) bond motifs is 1. The zero-order chi connectivity index (χ0) is 10.8. The van der Waals surface area contributed by atoms with Crippen LogP contribution in [0, 0.1) is 12.3 Å². The van der Waals surface area contributed by atoms with Crippen LogP contribution in [0.5, 0.6) is 0 Å². The first-order valence-electron chi connectivity index (χ1n) is 4.45. The molecule has 0 N–H and O–H groups in total. The van der Waals surface area contributed by atoms with Crippen LogP contribution in [0.4, 0.5) is 0 Å². The van der Waals surface area contributed by atoms with Gasteiger partial charge < -0.3 is 4.57 Å². The maximum atomic E-state index is 11.0. The van der Waals surface area contributed by atoms with Crippen molar-refractivity contribution in [2.45, 2.75) is 6.54 Å². The molecule has 0 aliphatic carbocycles. The van der Waals surface area contributed by atoms with E-state index in [1.807, 2.05) is 28.8 Å². The number of benzene rings is 1. The molecule has 0 bridgehead atoms. The Morgan fingerprint density at radius 3 is 2.87 bits per heavy atom. The number of para-hydroxylation sites is 1. The lowest BCUT2D eigenvalue weighted by atomic mass is 10.2. The number of halogens is 1. The number of nitrogens with zero attached hydrogens (tertiary/aromatic N) is 1. The van der Waals surface area contributed by atoms with Crippen LogP contribution in [-0.2, 0) is 6.54 Å². The molecule has 1 aromatic carbocycles. The molecule has 2 nitrogen and oxygen atoms in total. The Morgan fingerprint density at radius 1 is 1.47 bits per heavy atom. The fourth-order valence-corrected chi connectivity index (χ4v) is 2.30. The predicted octanol–water partition coefficient (Wildman–Crippen LogP) is 2.85. The highest BCUT2D eigenvalue weighted by molar-refractivity contribution is 9.10. The average Bonchev–Trinajstić information content (AvgIpc) is 2.54. The summed E-state index contributed by atoms with van der Waals surface area (Å²) in [6.07, 6.45) is 6.10. The van der Waals surface area contributed by atoms with Gasteiger partial charge in [0.05, 0.1) is 22.2 Å². The molecule has 2 rings (SSSR count). The van der Waals surface area contributed by atoms with Crippen LogP contribution in [-0.4, -0.2) is 10.9 Å². The average molecular weight is 262 g/mol. The van der Waals surface area contributed by atoms with Crippen molar-refractivity contribution in [3.05, 3.63) is 34.4 Å². The van der Waals surface area contributed by atoms with Crippen molar-refractivity contribution < 1.29 is 4.79 Å². The van der Waals surface area contributed by atoms with Gasteiger partial charge in [-0.2, -0.15) is 0 Å². The Hall–Kier alpha value is -1.53. The van der Waals surface area contributed by atoms with E-state index in [0.29, 0.717) is 12.2 Å². The van der Waals surface area contributed by atoms with E-state index >= 15 is 0 Å². The van der Waals surface area contributed by atoms with E-state index in [1.165, 1.54) is 0 Å². The van der Waals surface area contributed by atoms with Gasteiger partial charge in [-0.25, -0.2) is 0 Å². The van der Waals surface area contributed by atoms with E-state index in [-0.39, 0.29) is 0 Å². The van der Waals surface area contributed by atoms with Gasteiger partial charge >= 0.3 is 0 Å². The van der Waals surface area contributed by atoms with Gasteiger partial charge in [-0.05, 0) is 22.0 Å². The zero-order valence-corrected chi connectivity index (χ0v) is 9.49. The van der Waals surface area contributed by atoms with Gasteiger partial charge in [0.2, 0.25) is 0 Å². The predicted molar refractivity (Wildman–Crippen MR) is 63.9 cm³/mol. The van der Waals surface area contributed by atoms with Crippen LogP contribution in [0.15, 0.2) is 28.7 Å². The summed E-state index contributed by atoms with van der Waals surface area (Å²) < 4.78 is 2.63. The minimum atomic E-state index is 0.403. The zero-order valence-electron chi connectivity index (χ0n) is 7.90. The van der Waals surface area contributed by atoms with Crippen LogP contribution in [0.2, 0.25) is 0 Å². The molecule has 0 atom stereocenters. The fourth-order valence-electron chi connectivity index (χ4n) is 1.66. The minimum Gasteiger partial charge on any atom is -0.326 e. The second-order valence-electron chi connectivity index (χ2n) is 3.12. The molecule has 74 valence electrons. The molecule has 0 saturated carbocycles. The van der Waals surface area contributed by atoms with Crippen LogP contribution in [0.25, 0.3) is 10.9 Å². The Bertz CT molecular complexity index is 563. The molecule has 0 amide bonds. The molecule has 0 saturated heterocycles. The largest absolute Gasteiger partial charge is 0.326 e. The highest BCUT2D eigenvalue weighted by atomic mass is 79.9. The quantitative estimate of drug-likeness (QED) is 0.602. The first-order chi connectivity index (χ1) is 7.29. The van der Waals surface area contributed by atoms with Gasteiger partial charge in [0.15, 0.2) is 6.29 Å². The summed E-state index contributed by atoms with van der Waals surface area (Å²) in [5.74, 6) is 2.55. The van der Waals surface area contributed by atoms with Crippen molar-refractivity contribution in [3.63, 3.8) is 0 Å². The van der Waals surface area contributed by atoms with E-state index in [2.05, 4.69) is 21.9 Å². The third kappa shape index (κ3) is 1.47. The Balaban J connectivity index is 2.86. The molecule has 15 heavy (non-hydrogen) atoms. The topological polar surface area (TPSA) is 22.0 Å². The normalized spacial score (nSPS) is 10.1. The number of carbonyl (C=O) groups is 1. The summed E-state index contributed by atoms with van der Waals surface area (Å²) in [6.45, 7) is 0.403. The lowest BCUT2D eigenvalue weighted by Crippen LogP contribution is -2.00. The lowest BCUT2D eigenvalue weighted by molar-refractivity contribution is 0.111. The van der Waals surface area contributed by atoms with E-state index in [4.69, 9.17) is 6.42 Å². The monoisotopic (exact) mass is 261 g/mol. The maximum Gasteiger partial charge on any atom is 0.167 e. The van der Waals surface area contributed by atoms with Crippen molar-refractivity contribution in [2.75, 3.05) is 0 Å². The van der Waals surface area contributed by atoms with Crippen LogP contribution in [0.1, 0.15) is 10.5 Å². The highest BCUT2D eigenvalue weighted by Gasteiger charge is 2.12. The lowest BCUT2D eigenvalue weighted by Gasteiger charge is -2.01. The fraction of sp³-hybridized carbons (Fsp3) is 0.0833. The number of aromatic nitrogens is 1. The summed E-state index contributed by atoms with van der Waals surface area (Å²) in [5.41, 5.74) is 1.57. The molecule has 1 heterocycles. The minimum absolute atomic E-state index is 0.403. The molecule has 0 fully saturated rings. The number of rotatable bonds is 2. The van der Waals surface area contributed by atoms with Crippen molar-refractivity contribution in [1.82, 2.24) is 4.57 Å². The number of aldehydes is 1. The summed E-state index contributed by atoms with van der Waals surface area (Å²) in [7, 11) is 0. The summed E-state index contributed by atoms with van der Waals surface area (Å²) >= 11 is 3.41. The van der Waals surface area contributed by atoms with Gasteiger partial charge in [-0.1, -0.05) is 24.1 Å². The third-order valence-electron chi connectivity index (χ3n) is 2.31. The van der Waals surface area contributed by atoms with Gasteiger partial charge in [0, 0.05) is 5.39 Å².